The minimum absolute atomic E-state index is 0.127. The van der Waals surface area contributed by atoms with E-state index in [1.807, 2.05) is 6.26 Å². The van der Waals surface area contributed by atoms with Crippen LogP contribution in [0.4, 0.5) is 0 Å². The van der Waals surface area contributed by atoms with E-state index in [1.165, 1.54) is 0 Å². The van der Waals surface area contributed by atoms with Crippen LogP contribution in [0, 0.1) is 0 Å². The number of thioether (sulfide) groups is 1. The van der Waals surface area contributed by atoms with Crippen molar-refractivity contribution in [2.24, 2.45) is 0 Å². The van der Waals surface area contributed by atoms with Gasteiger partial charge in [0, 0.05) is 8.15 Å². The summed E-state index contributed by atoms with van der Waals surface area (Å²) in [4.78, 5) is 0. The van der Waals surface area contributed by atoms with Crippen molar-refractivity contribution in [2.75, 3.05) is 25.5 Å². The lowest BCUT2D eigenvalue weighted by Gasteiger charge is -2.02. The van der Waals surface area contributed by atoms with Gasteiger partial charge in [-0.3, -0.25) is 0 Å². The summed E-state index contributed by atoms with van der Waals surface area (Å²) in [5.41, 5.74) is 0. The Kier molecular flexibility index (Phi) is 5.41. The monoisotopic (exact) mass is 138 g/mol. The molecule has 0 saturated carbocycles. The van der Waals surface area contributed by atoms with Crippen molar-refractivity contribution in [3.8, 4) is 0 Å². The maximum atomic E-state index is 5.22. The molecule has 0 rings (SSSR count). The maximum Gasteiger partial charge on any atom is 0.0960 e. The summed E-state index contributed by atoms with van der Waals surface area (Å²) < 4.78 is 5.22. The first-order valence-corrected chi connectivity index (χ1v) is 5.61. The molecule has 0 spiro atoms. The number of hydrogen-bond donors (Lipinski definition) is 0. The number of hydrogen-bond acceptors (Lipinski definition) is 2. The van der Waals surface area contributed by atoms with Crippen molar-refractivity contribution < 1.29 is 4.52 Å². The summed E-state index contributed by atoms with van der Waals surface area (Å²) in [5.74, 6) is 0.846. The highest BCUT2D eigenvalue weighted by molar-refractivity contribution is 7.98. The Morgan fingerprint density at radius 3 is 2.29 bits per heavy atom. The summed E-state index contributed by atoms with van der Waals surface area (Å²) in [6.07, 6.45) is 2.04. The molecule has 0 aliphatic heterocycles. The molecule has 0 heterocycles. The maximum absolute atomic E-state index is 5.22. The molecule has 0 aliphatic rings. The average molecular weight is 138 g/mol. The zero-order valence-corrected chi connectivity index (χ0v) is 6.68. The van der Waals surface area contributed by atoms with E-state index >= 15 is 0 Å². The molecule has 0 aromatic rings. The summed E-state index contributed by atoms with van der Waals surface area (Å²) in [5, 5.41) is 0. The predicted molar refractivity (Wildman–Crippen MR) is 38.2 cm³/mol. The zero-order valence-electron chi connectivity index (χ0n) is 4.97. The lowest BCUT2D eigenvalue weighted by Crippen LogP contribution is -1.78. The van der Waals surface area contributed by atoms with Gasteiger partial charge in [0.05, 0.1) is 5.94 Å². The Balaban J connectivity index is 2.68. The molecule has 0 aromatic carbocycles. The molecule has 3 heteroatoms. The summed E-state index contributed by atoms with van der Waals surface area (Å²) >= 11 is 1.72. The van der Waals surface area contributed by atoms with E-state index in [9.17, 15) is 0 Å². The SMILES string of the molecule is CSCOP(C)C. The molecule has 0 amide bonds. The molecule has 0 N–H and O–H groups in total. The minimum Gasteiger partial charge on any atom is -0.349 e. The highest BCUT2D eigenvalue weighted by Gasteiger charge is 1.87. The molecule has 0 saturated heterocycles. The first-order chi connectivity index (χ1) is 3.27. The van der Waals surface area contributed by atoms with Crippen LogP contribution in [0.2, 0.25) is 0 Å². The first-order valence-electron chi connectivity index (χ1n) is 2.06. The van der Waals surface area contributed by atoms with Gasteiger partial charge < -0.3 is 4.52 Å². The summed E-state index contributed by atoms with van der Waals surface area (Å²) in [6.45, 7) is 4.21. The van der Waals surface area contributed by atoms with Crippen LogP contribution < -0.4 is 0 Å². The lowest BCUT2D eigenvalue weighted by molar-refractivity contribution is 0.444. The third-order valence-electron chi connectivity index (χ3n) is 0.429. The third-order valence-corrected chi connectivity index (χ3v) is 1.60. The van der Waals surface area contributed by atoms with Crippen molar-refractivity contribution in [3.05, 3.63) is 0 Å². The van der Waals surface area contributed by atoms with Crippen LogP contribution in [0.1, 0.15) is 0 Å². The van der Waals surface area contributed by atoms with Gasteiger partial charge in [0.2, 0.25) is 0 Å². The van der Waals surface area contributed by atoms with E-state index in [1.54, 1.807) is 11.8 Å². The average Bonchev–Trinajstić information content (AvgIpc) is 1.61. The van der Waals surface area contributed by atoms with E-state index in [0.717, 1.165) is 5.94 Å². The van der Waals surface area contributed by atoms with Gasteiger partial charge in [0.25, 0.3) is 0 Å². The summed E-state index contributed by atoms with van der Waals surface area (Å²) in [7, 11) is -0.127. The Labute approximate surface area is 50.7 Å². The Morgan fingerprint density at radius 1 is 1.57 bits per heavy atom. The second-order valence-electron chi connectivity index (χ2n) is 1.35. The Morgan fingerprint density at radius 2 is 2.14 bits per heavy atom. The normalized spacial score (nSPS) is 10.3. The van der Waals surface area contributed by atoms with Gasteiger partial charge >= 0.3 is 0 Å². The van der Waals surface area contributed by atoms with Gasteiger partial charge in [-0.15, -0.1) is 11.8 Å². The van der Waals surface area contributed by atoms with Crippen molar-refractivity contribution in [3.63, 3.8) is 0 Å². The smallest absolute Gasteiger partial charge is 0.0960 e. The van der Waals surface area contributed by atoms with Crippen molar-refractivity contribution in [1.29, 1.82) is 0 Å². The van der Waals surface area contributed by atoms with Gasteiger partial charge in [-0.2, -0.15) is 0 Å². The van der Waals surface area contributed by atoms with Crippen LogP contribution in [-0.2, 0) is 4.52 Å². The molecule has 7 heavy (non-hydrogen) atoms. The van der Waals surface area contributed by atoms with Crippen LogP contribution >= 0.6 is 19.9 Å². The van der Waals surface area contributed by atoms with Gasteiger partial charge in [0.1, 0.15) is 0 Å². The second-order valence-corrected chi connectivity index (χ2v) is 4.04. The van der Waals surface area contributed by atoms with E-state index in [2.05, 4.69) is 13.3 Å². The van der Waals surface area contributed by atoms with Crippen LogP contribution in [-0.4, -0.2) is 25.5 Å². The molecule has 0 aliphatic carbocycles. The van der Waals surface area contributed by atoms with Crippen molar-refractivity contribution in [2.45, 2.75) is 0 Å². The molecule has 0 unspecified atom stereocenters. The fourth-order valence-electron chi connectivity index (χ4n) is 0.158. The molecule has 0 atom stereocenters. The molecule has 0 bridgehead atoms. The van der Waals surface area contributed by atoms with Crippen molar-refractivity contribution in [1.82, 2.24) is 0 Å². The van der Waals surface area contributed by atoms with Crippen LogP contribution in [0.5, 0.6) is 0 Å². The minimum atomic E-state index is -0.127. The lowest BCUT2D eigenvalue weighted by atomic mass is 11.7. The van der Waals surface area contributed by atoms with E-state index in [-0.39, 0.29) is 8.15 Å². The predicted octanol–water partition coefficient (Wildman–Crippen LogP) is 1.98. The molecule has 44 valence electrons. The third kappa shape index (κ3) is 6.74. The standard InChI is InChI=1S/C4H11OPS/c1-6(2)5-4-7-3/h4H2,1-3H3. The molecule has 0 fully saturated rings. The van der Waals surface area contributed by atoms with Gasteiger partial charge in [-0.05, 0) is 19.6 Å². The number of rotatable bonds is 3. The van der Waals surface area contributed by atoms with Gasteiger partial charge in [0.15, 0.2) is 0 Å². The van der Waals surface area contributed by atoms with Crippen LogP contribution in [0.3, 0.4) is 0 Å². The Hall–Kier alpha value is 0.740. The molecule has 0 aromatic heterocycles. The molecular formula is C4H11OPS. The highest BCUT2D eigenvalue weighted by Crippen LogP contribution is 2.26. The molecule has 1 nitrogen and oxygen atoms in total. The van der Waals surface area contributed by atoms with E-state index < -0.39 is 0 Å². The van der Waals surface area contributed by atoms with Crippen molar-refractivity contribution >= 4 is 19.9 Å². The first kappa shape index (κ1) is 7.74. The highest BCUT2D eigenvalue weighted by atomic mass is 32.2. The summed E-state index contributed by atoms with van der Waals surface area (Å²) in [6, 6.07) is 0. The fraction of sp³-hybridized carbons (Fsp3) is 1.00. The van der Waals surface area contributed by atoms with Gasteiger partial charge in [-0.1, -0.05) is 0 Å². The van der Waals surface area contributed by atoms with Gasteiger partial charge in [-0.25, -0.2) is 0 Å². The molecular weight excluding hydrogens is 127 g/mol. The quantitative estimate of drug-likeness (QED) is 0.435. The zero-order chi connectivity index (χ0) is 5.70. The largest absolute Gasteiger partial charge is 0.349 e. The van der Waals surface area contributed by atoms with Crippen LogP contribution in [0.15, 0.2) is 0 Å². The van der Waals surface area contributed by atoms with E-state index in [0.29, 0.717) is 0 Å². The second kappa shape index (κ2) is 4.89. The molecule has 0 radical (unpaired) electrons. The fourth-order valence-corrected chi connectivity index (χ4v) is 1.42. The topological polar surface area (TPSA) is 9.23 Å². The Bertz CT molecular complexity index is 40.7. The van der Waals surface area contributed by atoms with Crippen LogP contribution in [0.25, 0.3) is 0 Å². The van der Waals surface area contributed by atoms with E-state index in [4.69, 9.17) is 4.52 Å².